The fourth-order valence-electron chi connectivity index (χ4n) is 4.22. The van der Waals surface area contributed by atoms with Gasteiger partial charge in [0.1, 0.15) is 22.8 Å². The minimum absolute atomic E-state index is 0.0766. The summed E-state index contributed by atoms with van der Waals surface area (Å²) >= 11 is 5.61. The number of aliphatic carboxylic acids is 2. The molecular weight excluding hydrogens is 684 g/mol. The Bertz CT molecular complexity index is 1530. The normalized spacial score (nSPS) is 21.4. The van der Waals surface area contributed by atoms with Gasteiger partial charge in [0.05, 0.1) is 0 Å². The third kappa shape index (κ3) is 8.20. The van der Waals surface area contributed by atoms with Crippen molar-refractivity contribution in [1.29, 1.82) is 0 Å². The summed E-state index contributed by atoms with van der Waals surface area (Å²) in [6.45, 7) is 1.98. The lowest BCUT2D eigenvalue weighted by Crippen LogP contribution is -2.71. The second kappa shape index (κ2) is 14.7. The Kier molecular flexibility index (Phi) is 11.2. The molecule has 0 aromatic carbocycles. The van der Waals surface area contributed by atoms with Crippen molar-refractivity contribution in [3.05, 3.63) is 45.7 Å². The number of nitrogens with one attached hydrogen (secondary N) is 2. The Morgan fingerprint density at radius 2 is 2.02 bits per heavy atom. The van der Waals surface area contributed by atoms with Crippen LogP contribution in [0.25, 0.3) is 0 Å². The average molecular weight is 708 g/mol. The third-order valence-electron chi connectivity index (χ3n) is 6.33. The van der Waals surface area contributed by atoms with Crippen LogP contribution < -0.4 is 16.4 Å². The van der Waals surface area contributed by atoms with E-state index in [1.165, 1.54) is 33.8 Å². The number of pyridine rings is 1. The number of aromatic nitrogens is 2. The quantitative estimate of drug-likeness (QED) is 0.0951. The van der Waals surface area contributed by atoms with Crippen molar-refractivity contribution in [2.24, 2.45) is 5.16 Å². The number of nitrogens with zero attached hydrogens (tertiary/aromatic N) is 4. The van der Waals surface area contributed by atoms with E-state index in [0.717, 1.165) is 47.1 Å². The van der Waals surface area contributed by atoms with Gasteiger partial charge in [0.15, 0.2) is 10.8 Å². The fourth-order valence-corrected chi connectivity index (χ4v) is 8.59. The zero-order valence-electron chi connectivity index (χ0n) is 22.7. The van der Waals surface area contributed by atoms with Crippen molar-refractivity contribution in [3.8, 4) is 0 Å². The van der Waals surface area contributed by atoms with E-state index < -0.39 is 41.3 Å². The lowest BCUT2D eigenvalue weighted by Gasteiger charge is -2.49. The van der Waals surface area contributed by atoms with Gasteiger partial charge in [-0.05, 0) is 24.6 Å². The molecule has 45 heavy (non-hydrogen) atoms. The van der Waals surface area contributed by atoms with Crippen LogP contribution in [0.3, 0.4) is 0 Å². The SMILES string of the molecule is Nc1nc(/C(=N/O)C(=O)N[C@@H]2C(=O)N3C(C(=O)O)=C(Sc4ccncc4CSC4CCNC4)CS[C@H]23)cs1.O=C(O)C(F)(F)F. The van der Waals surface area contributed by atoms with Crippen molar-refractivity contribution in [3.63, 3.8) is 0 Å². The number of hydrogen-bond donors (Lipinski definition) is 6. The predicted molar refractivity (Wildman–Crippen MR) is 161 cm³/mol. The van der Waals surface area contributed by atoms with Gasteiger partial charge in [-0.1, -0.05) is 16.9 Å². The van der Waals surface area contributed by atoms with E-state index in [1.54, 1.807) is 12.4 Å². The molecule has 1 unspecified atom stereocenters. The Hall–Kier alpha value is -3.53. The van der Waals surface area contributed by atoms with E-state index in [2.05, 4.69) is 25.8 Å². The number of halogens is 3. The van der Waals surface area contributed by atoms with Crippen LogP contribution in [0.5, 0.6) is 0 Å². The van der Waals surface area contributed by atoms with Crippen molar-refractivity contribution in [2.75, 3.05) is 24.6 Å². The summed E-state index contributed by atoms with van der Waals surface area (Å²) in [7, 11) is 0. The highest BCUT2D eigenvalue weighted by molar-refractivity contribution is 8.06. The second-order valence-electron chi connectivity index (χ2n) is 9.27. The molecular formula is C24H24F3N7O7S4. The number of nitrogen functional groups attached to an aromatic ring is 1. The van der Waals surface area contributed by atoms with Crippen LogP contribution in [0.15, 0.2) is 44.5 Å². The molecule has 21 heteroatoms. The standard InChI is InChI=1S/C22H23N7O5S4.C2HF3O2/c23-22-26-12(8-37-22)15(28-34)18(30)27-16-19(31)29-17(21(32)33)14(9-36-20(16)29)38-13-2-4-24-5-10(13)7-35-11-1-3-25-6-11;3-2(4,5)1(6)7/h2,4-5,8,11,16,20,25,34H,1,3,6-7,9H2,(H2,23,26)(H,27,30)(H,32,33);(H,6,7)/b28-15-;/t11?,16-,20-;/m1./s1. The number of fused-ring (bicyclic) bond motifs is 1. The molecule has 2 aromatic heterocycles. The molecule has 5 heterocycles. The number of carbonyl (C=O) groups excluding carboxylic acids is 2. The van der Waals surface area contributed by atoms with Crippen LogP contribution in [-0.4, -0.2) is 101 Å². The van der Waals surface area contributed by atoms with Crippen LogP contribution in [0.4, 0.5) is 18.3 Å². The van der Waals surface area contributed by atoms with Crippen LogP contribution in [-0.2, 0) is 24.9 Å². The number of alkyl halides is 3. The number of carboxylic acids is 2. The summed E-state index contributed by atoms with van der Waals surface area (Å²) in [4.78, 5) is 57.8. The summed E-state index contributed by atoms with van der Waals surface area (Å²) < 4.78 is 31.7. The molecule has 3 aliphatic heterocycles. The van der Waals surface area contributed by atoms with E-state index in [1.807, 2.05) is 17.8 Å². The molecule has 0 aliphatic carbocycles. The number of anilines is 1. The van der Waals surface area contributed by atoms with Crippen LogP contribution in [0.2, 0.25) is 0 Å². The molecule has 2 aromatic rings. The number of β-lactam (4-membered cyclic amide) rings is 1. The van der Waals surface area contributed by atoms with Gasteiger partial charge in [-0.15, -0.1) is 23.1 Å². The average Bonchev–Trinajstić information content (AvgIpc) is 3.67. The summed E-state index contributed by atoms with van der Waals surface area (Å²) in [6.07, 6.45) is -0.504. The number of thioether (sulfide) groups is 3. The first-order valence-electron chi connectivity index (χ1n) is 12.7. The van der Waals surface area contributed by atoms with Crippen LogP contribution >= 0.6 is 46.6 Å². The lowest BCUT2D eigenvalue weighted by molar-refractivity contribution is -0.192. The number of amides is 2. The molecule has 2 fully saturated rings. The zero-order chi connectivity index (χ0) is 32.9. The molecule has 0 saturated carbocycles. The van der Waals surface area contributed by atoms with Gasteiger partial charge in [0.25, 0.3) is 11.8 Å². The van der Waals surface area contributed by atoms with Crippen molar-refractivity contribution in [2.45, 2.75) is 39.9 Å². The molecule has 3 atom stereocenters. The Balaban J connectivity index is 0.000000591. The molecule has 2 saturated heterocycles. The number of rotatable bonds is 9. The van der Waals surface area contributed by atoms with Crippen LogP contribution in [0, 0.1) is 0 Å². The summed E-state index contributed by atoms with van der Waals surface area (Å²) in [5.74, 6) is -4.24. The molecule has 0 spiro atoms. The molecule has 0 bridgehead atoms. The number of oxime groups is 1. The molecule has 2 amide bonds. The van der Waals surface area contributed by atoms with Crippen molar-refractivity contribution in [1.82, 2.24) is 25.5 Å². The maximum atomic E-state index is 13.0. The molecule has 242 valence electrons. The van der Waals surface area contributed by atoms with Gasteiger partial charge in [-0.25, -0.2) is 14.6 Å². The van der Waals surface area contributed by atoms with Gasteiger partial charge < -0.3 is 31.8 Å². The Labute approximate surface area is 269 Å². The van der Waals surface area contributed by atoms with Crippen molar-refractivity contribution < 1.29 is 47.8 Å². The van der Waals surface area contributed by atoms with Gasteiger partial charge in [-0.2, -0.15) is 24.9 Å². The largest absolute Gasteiger partial charge is 0.490 e. The molecule has 14 nitrogen and oxygen atoms in total. The van der Waals surface area contributed by atoms with E-state index in [9.17, 15) is 37.9 Å². The third-order valence-corrected chi connectivity index (χ3v) is 11.0. The number of hydrogen-bond acceptors (Lipinski definition) is 14. The van der Waals surface area contributed by atoms with Gasteiger partial charge in [0, 0.05) is 50.9 Å². The van der Waals surface area contributed by atoms with Gasteiger partial charge in [-0.3, -0.25) is 19.5 Å². The van der Waals surface area contributed by atoms with Gasteiger partial charge >= 0.3 is 18.1 Å². The summed E-state index contributed by atoms with van der Waals surface area (Å²) in [5, 5.41) is 37.0. The molecule has 7 N–H and O–H groups in total. The van der Waals surface area contributed by atoms with E-state index >= 15 is 0 Å². The highest BCUT2D eigenvalue weighted by Crippen LogP contribution is 2.46. The highest BCUT2D eigenvalue weighted by atomic mass is 32.2. The first-order chi connectivity index (χ1) is 21.3. The summed E-state index contributed by atoms with van der Waals surface area (Å²) in [6, 6.07) is 0.882. The van der Waals surface area contributed by atoms with Crippen LogP contribution in [0.1, 0.15) is 17.7 Å². The fraction of sp³-hybridized carbons (Fsp3) is 0.375. The molecule has 3 aliphatic rings. The number of carbonyl (C=O) groups is 4. The molecule has 0 radical (unpaired) electrons. The monoisotopic (exact) mass is 707 g/mol. The van der Waals surface area contributed by atoms with Gasteiger partial charge in [0.2, 0.25) is 0 Å². The Morgan fingerprint density at radius 1 is 1.29 bits per heavy atom. The zero-order valence-corrected chi connectivity index (χ0v) is 26.0. The lowest BCUT2D eigenvalue weighted by atomic mass is 10.0. The number of thiazole rings is 1. The minimum Gasteiger partial charge on any atom is -0.477 e. The number of carboxylic acid groups (broad SMARTS) is 2. The first kappa shape index (κ1) is 34.3. The van der Waals surface area contributed by atoms with E-state index in [4.69, 9.17) is 15.6 Å². The smallest absolute Gasteiger partial charge is 0.477 e. The second-order valence-corrected chi connectivity index (χ2v) is 13.7. The Morgan fingerprint density at radius 3 is 2.60 bits per heavy atom. The highest BCUT2D eigenvalue weighted by Gasteiger charge is 2.54. The first-order valence-corrected chi connectivity index (χ1v) is 16.5. The maximum absolute atomic E-state index is 13.0. The van der Waals surface area contributed by atoms with E-state index in [-0.39, 0.29) is 22.2 Å². The molecule has 5 rings (SSSR count). The predicted octanol–water partition coefficient (Wildman–Crippen LogP) is 2.02. The number of nitrogens with two attached hydrogens (primary N) is 1. The van der Waals surface area contributed by atoms with E-state index in [0.29, 0.717) is 15.9 Å². The van der Waals surface area contributed by atoms with Crippen molar-refractivity contribution >= 4 is 81.2 Å². The maximum Gasteiger partial charge on any atom is 0.490 e. The summed E-state index contributed by atoms with van der Waals surface area (Å²) in [5.41, 5.74) is 6.21. The topological polar surface area (TPSA) is 220 Å². The minimum atomic E-state index is -5.08.